The molecule has 0 amide bonds. The lowest BCUT2D eigenvalue weighted by molar-refractivity contribution is 0.345. The summed E-state index contributed by atoms with van der Waals surface area (Å²) >= 11 is 3.73. The number of benzene rings is 1. The molecule has 1 aromatic rings. The summed E-state index contributed by atoms with van der Waals surface area (Å²) in [5, 5.41) is 0. The second-order valence-corrected chi connectivity index (χ2v) is 5.67. The second-order valence-electron chi connectivity index (χ2n) is 4.69. The molecule has 0 spiro atoms. The second kappa shape index (κ2) is 5.85. The average molecular weight is 301 g/mol. The van der Waals surface area contributed by atoms with Gasteiger partial charge in [-0.2, -0.15) is 0 Å². The van der Waals surface area contributed by atoms with E-state index in [1.165, 1.54) is 38.2 Å². The monoisotopic (exact) mass is 300 g/mol. The van der Waals surface area contributed by atoms with Gasteiger partial charge in [-0.25, -0.2) is 4.39 Å². The fourth-order valence-corrected chi connectivity index (χ4v) is 3.49. The van der Waals surface area contributed by atoms with E-state index in [1.807, 2.05) is 0 Å². The van der Waals surface area contributed by atoms with Crippen molar-refractivity contribution in [3.63, 3.8) is 0 Å². The molecule has 1 aromatic carbocycles. The molecule has 1 fully saturated rings. The summed E-state index contributed by atoms with van der Waals surface area (Å²) in [6, 6.07) is 4.75. The molecule has 0 aromatic heterocycles. The number of hydrogen-bond donors (Lipinski definition) is 0. The van der Waals surface area contributed by atoms with Gasteiger partial charge >= 0.3 is 0 Å². The summed E-state index contributed by atoms with van der Waals surface area (Å²) in [6.45, 7) is 0. The molecule has 1 atom stereocenters. The molecule has 0 radical (unpaired) electrons. The van der Waals surface area contributed by atoms with Crippen molar-refractivity contribution >= 4 is 15.9 Å². The lowest BCUT2D eigenvalue weighted by atomic mass is 9.84. The highest BCUT2D eigenvalue weighted by molar-refractivity contribution is 9.09. The first-order valence-electron chi connectivity index (χ1n) is 6.20. The summed E-state index contributed by atoms with van der Waals surface area (Å²) in [4.78, 5) is 0.202. The van der Waals surface area contributed by atoms with E-state index < -0.39 is 0 Å². The van der Waals surface area contributed by atoms with Gasteiger partial charge in [0.15, 0.2) is 0 Å². The van der Waals surface area contributed by atoms with Crippen molar-refractivity contribution in [3.05, 3.63) is 29.6 Å². The molecule has 94 valence electrons. The highest BCUT2D eigenvalue weighted by Gasteiger charge is 2.25. The minimum absolute atomic E-state index is 0.193. The summed E-state index contributed by atoms with van der Waals surface area (Å²) in [5.41, 5.74) is 0.944. The Hall–Kier alpha value is -0.570. The fourth-order valence-electron chi connectivity index (χ4n) is 2.60. The van der Waals surface area contributed by atoms with Crippen LogP contribution >= 0.6 is 15.9 Å². The molecule has 0 aliphatic heterocycles. The van der Waals surface area contributed by atoms with Crippen LogP contribution in [0.2, 0.25) is 0 Å². The van der Waals surface area contributed by atoms with Gasteiger partial charge in [0.05, 0.1) is 7.11 Å². The Labute approximate surface area is 110 Å². The third-order valence-corrected chi connectivity index (χ3v) is 4.79. The maximum absolute atomic E-state index is 13.3. The Balaban J connectivity index is 2.21. The molecule has 0 saturated heterocycles. The van der Waals surface area contributed by atoms with Crippen molar-refractivity contribution in [2.45, 2.75) is 36.9 Å². The van der Waals surface area contributed by atoms with E-state index in [2.05, 4.69) is 15.9 Å². The van der Waals surface area contributed by atoms with Gasteiger partial charge in [-0.05, 0) is 37.0 Å². The van der Waals surface area contributed by atoms with Gasteiger partial charge < -0.3 is 4.74 Å². The molecular weight excluding hydrogens is 283 g/mol. The Morgan fingerprint density at radius 3 is 2.65 bits per heavy atom. The number of hydrogen-bond acceptors (Lipinski definition) is 1. The van der Waals surface area contributed by atoms with E-state index in [9.17, 15) is 4.39 Å². The van der Waals surface area contributed by atoms with Crippen LogP contribution in [0, 0.1) is 11.7 Å². The predicted octanol–water partition coefficient (Wildman–Crippen LogP) is 4.85. The molecule has 1 aliphatic rings. The first-order chi connectivity index (χ1) is 8.22. The van der Waals surface area contributed by atoms with E-state index in [0.29, 0.717) is 5.92 Å². The van der Waals surface area contributed by atoms with Crippen molar-refractivity contribution in [1.29, 1.82) is 0 Å². The van der Waals surface area contributed by atoms with E-state index in [-0.39, 0.29) is 10.6 Å². The van der Waals surface area contributed by atoms with Crippen LogP contribution in [-0.4, -0.2) is 7.11 Å². The van der Waals surface area contributed by atoms with Crippen LogP contribution in [0.4, 0.5) is 4.39 Å². The molecule has 3 heteroatoms. The third kappa shape index (κ3) is 3.01. The number of alkyl halides is 1. The standard InChI is InChI=1S/C14H18BrFO/c1-17-13-8-7-11(16)9-12(13)14(15)10-5-3-2-4-6-10/h7-10,14H,2-6H2,1H3. The molecule has 1 aliphatic carbocycles. The SMILES string of the molecule is COc1ccc(F)cc1C(Br)C1CCCCC1. The normalized spacial score (nSPS) is 19.0. The average Bonchev–Trinajstić information content (AvgIpc) is 2.39. The van der Waals surface area contributed by atoms with Gasteiger partial charge in [-0.3, -0.25) is 0 Å². The third-order valence-electron chi connectivity index (χ3n) is 3.55. The van der Waals surface area contributed by atoms with Gasteiger partial charge in [0.1, 0.15) is 11.6 Å². The summed E-state index contributed by atoms with van der Waals surface area (Å²) in [7, 11) is 1.64. The van der Waals surface area contributed by atoms with Gasteiger partial charge in [0.25, 0.3) is 0 Å². The quantitative estimate of drug-likeness (QED) is 0.725. The highest BCUT2D eigenvalue weighted by Crippen LogP contribution is 2.43. The van der Waals surface area contributed by atoms with Crippen molar-refractivity contribution in [1.82, 2.24) is 0 Å². The largest absolute Gasteiger partial charge is 0.496 e. The number of methoxy groups -OCH3 is 1. The van der Waals surface area contributed by atoms with E-state index in [4.69, 9.17) is 4.74 Å². The van der Waals surface area contributed by atoms with E-state index in [1.54, 1.807) is 19.2 Å². The molecule has 17 heavy (non-hydrogen) atoms. The fraction of sp³-hybridized carbons (Fsp3) is 0.571. The first-order valence-corrected chi connectivity index (χ1v) is 7.11. The molecule has 1 saturated carbocycles. The lowest BCUT2D eigenvalue weighted by Gasteiger charge is -2.27. The van der Waals surface area contributed by atoms with Gasteiger partial charge in [-0.15, -0.1) is 0 Å². The van der Waals surface area contributed by atoms with Crippen LogP contribution in [0.15, 0.2) is 18.2 Å². The summed E-state index contributed by atoms with van der Waals surface area (Å²) in [6.07, 6.45) is 6.33. The molecule has 2 rings (SSSR count). The number of halogens is 2. The molecule has 0 N–H and O–H groups in total. The van der Waals surface area contributed by atoms with Crippen LogP contribution in [-0.2, 0) is 0 Å². The topological polar surface area (TPSA) is 9.23 Å². The summed E-state index contributed by atoms with van der Waals surface area (Å²) in [5.74, 6) is 1.18. The minimum atomic E-state index is -0.193. The van der Waals surface area contributed by atoms with Crippen molar-refractivity contribution in [2.24, 2.45) is 5.92 Å². The number of rotatable bonds is 3. The van der Waals surface area contributed by atoms with Crippen LogP contribution in [0.25, 0.3) is 0 Å². The van der Waals surface area contributed by atoms with Crippen molar-refractivity contribution in [2.75, 3.05) is 7.11 Å². The molecular formula is C14H18BrFO. The first kappa shape index (κ1) is 12.9. The zero-order valence-electron chi connectivity index (χ0n) is 10.1. The van der Waals surface area contributed by atoms with Crippen LogP contribution in [0.3, 0.4) is 0 Å². The van der Waals surface area contributed by atoms with Gasteiger partial charge in [0.2, 0.25) is 0 Å². The Morgan fingerprint density at radius 2 is 2.00 bits per heavy atom. The Kier molecular flexibility index (Phi) is 4.43. The van der Waals surface area contributed by atoms with Gasteiger partial charge in [-0.1, -0.05) is 35.2 Å². The summed E-state index contributed by atoms with van der Waals surface area (Å²) < 4.78 is 18.7. The molecule has 1 nitrogen and oxygen atoms in total. The van der Waals surface area contributed by atoms with E-state index in [0.717, 1.165) is 11.3 Å². The molecule has 0 bridgehead atoms. The van der Waals surface area contributed by atoms with Crippen LogP contribution in [0.1, 0.15) is 42.5 Å². The number of ether oxygens (including phenoxy) is 1. The van der Waals surface area contributed by atoms with Crippen molar-refractivity contribution in [3.8, 4) is 5.75 Å². The maximum atomic E-state index is 13.3. The Morgan fingerprint density at radius 1 is 1.29 bits per heavy atom. The van der Waals surface area contributed by atoms with Gasteiger partial charge in [0, 0.05) is 10.4 Å². The van der Waals surface area contributed by atoms with Crippen LogP contribution in [0.5, 0.6) is 5.75 Å². The zero-order chi connectivity index (χ0) is 12.3. The van der Waals surface area contributed by atoms with Crippen LogP contribution < -0.4 is 4.74 Å². The van der Waals surface area contributed by atoms with Crippen molar-refractivity contribution < 1.29 is 9.13 Å². The lowest BCUT2D eigenvalue weighted by Crippen LogP contribution is -2.12. The molecule has 1 unspecified atom stereocenters. The zero-order valence-corrected chi connectivity index (χ0v) is 11.7. The highest BCUT2D eigenvalue weighted by atomic mass is 79.9. The smallest absolute Gasteiger partial charge is 0.123 e. The molecule has 0 heterocycles. The predicted molar refractivity (Wildman–Crippen MR) is 71.2 cm³/mol. The maximum Gasteiger partial charge on any atom is 0.123 e. The van der Waals surface area contributed by atoms with E-state index >= 15 is 0 Å². The Bertz CT molecular complexity index is 374. The minimum Gasteiger partial charge on any atom is -0.496 e.